The molecule has 0 atom stereocenters. The molecule has 0 aliphatic carbocycles. The summed E-state index contributed by atoms with van der Waals surface area (Å²) in [6.45, 7) is 0. The lowest BCUT2D eigenvalue weighted by molar-refractivity contribution is 0.624. The second kappa shape index (κ2) is 6.51. The van der Waals surface area contributed by atoms with E-state index >= 15 is 0 Å². The first-order valence-electron chi connectivity index (χ1n) is 6.99. The maximum Gasteiger partial charge on any atom is 0.131 e. The van der Waals surface area contributed by atoms with Gasteiger partial charge < -0.3 is 4.57 Å². The van der Waals surface area contributed by atoms with Gasteiger partial charge in [-0.25, -0.2) is 4.39 Å². The third kappa shape index (κ3) is 3.18. The Bertz CT molecular complexity index is 902. The van der Waals surface area contributed by atoms with Crippen molar-refractivity contribution < 1.29 is 4.39 Å². The second-order valence-electron chi connectivity index (χ2n) is 4.93. The van der Waals surface area contributed by atoms with Crippen LogP contribution in [-0.2, 0) is 0 Å². The smallest absolute Gasteiger partial charge is 0.131 e. The van der Waals surface area contributed by atoms with E-state index in [9.17, 15) is 9.65 Å². The van der Waals surface area contributed by atoms with Gasteiger partial charge in [-0.1, -0.05) is 29.8 Å². The summed E-state index contributed by atoms with van der Waals surface area (Å²) in [7, 11) is 0. The normalized spacial score (nSPS) is 11.3. The molecule has 2 aromatic carbocycles. The minimum Gasteiger partial charge on any atom is -0.317 e. The number of rotatable bonds is 3. The zero-order valence-corrected chi connectivity index (χ0v) is 12.8. The standard InChI is InChI=1S/C19H12ClFN2/c20-15-7-9-16(10-8-15)23-11-3-4-17(23)12-14(13-22)18-5-1-2-6-19(18)21/h1-12H. The maximum atomic E-state index is 13.9. The third-order valence-electron chi connectivity index (χ3n) is 3.46. The molecule has 23 heavy (non-hydrogen) atoms. The number of aromatic nitrogens is 1. The number of hydrogen-bond acceptors (Lipinski definition) is 1. The van der Waals surface area contributed by atoms with Crippen LogP contribution in [0, 0.1) is 17.1 Å². The van der Waals surface area contributed by atoms with Gasteiger partial charge in [0.15, 0.2) is 0 Å². The Labute approximate surface area is 138 Å². The number of nitriles is 1. The first-order valence-corrected chi connectivity index (χ1v) is 7.37. The van der Waals surface area contributed by atoms with E-state index in [1.807, 2.05) is 35.0 Å². The van der Waals surface area contributed by atoms with Crippen LogP contribution in [0.1, 0.15) is 11.3 Å². The molecule has 2 nitrogen and oxygen atoms in total. The molecule has 1 heterocycles. The molecule has 112 valence electrons. The highest BCUT2D eigenvalue weighted by Crippen LogP contribution is 2.23. The van der Waals surface area contributed by atoms with Crippen molar-refractivity contribution in [3.8, 4) is 11.8 Å². The Morgan fingerprint density at radius 2 is 1.78 bits per heavy atom. The van der Waals surface area contributed by atoms with Crippen molar-refractivity contribution >= 4 is 23.3 Å². The average Bonchev–Trinajstić information content (AvgIpc) is 3.02. The molecule has 0 saturated heterocycles. The molecule has 0 fully saturated rings. The summed E-state index contributed by atoms with van der Waals surface area (Å²) in [5, 5.41) is 10.0. The van der Waals surface area contributed by atoms with Gasteiger partial charge in [0, 0.05) is 28.2 Å². The number of halogens is 2. The highest BCUT2D eigenvalue weighted by Gasteiger charge is 2.09. The van der Waals surface area contributed by atoms with E-state index in [0.717, 1.165) is 11.4 Å². The Morgan fingerprint density at radius 3 is 2.48 bits per heavy atom. The predicted molar refractivity (Wildman–Crippen MR) is 90.7 cm³/mol. The quantitative estimate of drug-likeness (QED) is 0.599. The van der Waals surface area contributed by atoms with E-state index in [2.05, 4.69) is 6.07 Å². The van der Waals surface area contributed by atoms with Crippen molar-refractivity contribution in [2.75, 3.05) is 0 Å². The second-order valence-corrected chi connectivity index (χ2v) is 5.37. The van der Waals surface area contributed by atoms with Gasteiger partial charge in [0.2, 0.25) is 0 Å². The molecule has 0 unspecified atom stereocenters. The molecule has 4 heteroatoms. The fourth-order valence-electron chi connectivity index (χ4n) is 2.35. The first-order chi connectivity index (χ1) is 11.2. The Hall–Kier alpha value is -2.83. The van der Waals surface area contributed by atoms with E-state index in [-0.39, 0.29) is 5.57 Å². The SMILES string of the molecule is N#CC(=Cc1cccn1-c1ccc(Cl)cc1)c1ccccc1F. The zero-order valence-electron chi connectivity index (χ0n) is 12.1. The van der Waals surface area contributed by atoms with E-state index in [1.54, 1.807) is 36.4 Å². The van der Waals surface area contributed by atoms with Crippen LogP contribution in [-0.4, -0.2) is 4.57 Å². The van der Waals surface area contributed by atoms with Crippen LogP contribution in [0.2, 0.25) is 5.02 Å². The van der Waals surface area contributed by atoms with Gasteiger partial charge in [-0.05, 0) is 48.5 Å². The van der Waals surface area contributed by atoms with Crippen LogP contribution in [0.25, 0.3) is 17.3 Å². The van der Waals surface area contributed by atoms with Gasteiger partial charge in [0.1, 0.15) is 5.82 Å². The summed E-state index contributed by atoms with van der Waals surface area (Å²) in [5.74, 6) is -0.412. The number of hydrogen-bond donors (Lipinski definition) is 0. The number of benzene rings is 2. The van der Waals surface area contributed by atoms with Crippen molar-refractivity contribution in [1.29, 1.82) is 5.26 Å². The molecule has 0 amide bonds. The fraction of sp³-hybridized carbons (Fsp3) is 0. The zero-order chi connectivity index (χ0) is 16.2. The summed E-state index contributed by atoms with van der Waals surface area (Å²) >= 11 is 5.91. The lowest BCUT2D eigenvalue weighted by Gasteiger charge is -2.08. The molecule has 0 saturated carbocycles. The van der Waals surface area contributed by atoms with E-state index in [0.29, 0.717) is 10.6 Å². The molecule has 0 aliphatic rings. The minimum atomic E-state index is -0.412. The number of nitrogens with zero attached hydrogens (tertiary/aromatic N) is 2. The molecular formula is C19H12ClFN2. The lowest BCUT2D eigenvalue weighted by atomic mass is 10.1. The fourth-order valence-corrected chi connectivity index (χ4v) is 2.47. The molecule has 1 aromatic heterocycles. The molecule has 0 radical (unpaired) electrons. The maximum absolute atomic E-state index is 13.9. The van der Waals surface area contributed by atoms with Crippen molar-refractivity contribution in [1.82, 2.24) is 4.57 Å². The van der Waals surface area contributed by atoms with E-state index < -0.39 is 5.82 Å². The van der Waals surface area contributed by atoms with Gasteiger partial charge >= 0.3 is 0 Å². The largest absolute Gasteiger partial charge is 0.317 e. The van der Waals surface area contributed by atoms with Gasteiger partial charge in [-0.3, -0.25) is 0 Å². The monoisotopic (exact) mass is 322 g/mol. The lowest BCUT2D eigenvalue weighted by Crippen LogP contribution is -1.95. The van der Waals surface area contributed by atoms with Crippen molar-refractivity contribution in [3.63, 3.8) is 0 Å². The molecule has 0 aliphatic heterocycles. The van der Waals surface area contributed by atoms with Gasteiger partial charge in [-0.15, -0.1) is 0 Å². The number of allylic oxidation sites excluding steroid dienone is 1. The van der Waals surface area contributed by atoms with Gasteiger partial charge in [0.05, 0.1) is 11.6 Å². The average molecular weight is 323 g/mol. The molecule has 3 rings (SSSR count). The molecule has 0 N–H and O–H groups in total. The van der Waals surface area contributed by atoms with Crippen LogP contribution in [0.15, 0.2) is 66.9 Å². The van der Waals surface area contributed by atoms with Gasteiger partial charge in [-0.2, -0.15) is 5.26 Å². The topological polar surface area (TPSA) is 28.7 Å². The van der Waals surface area contributed by atoms with Crippen LogP contribution in [0.3, 0.4) is 0 Å². The highest BCUT2D eigenvalue weighted by atomic mass is 35.5. The van der Waals surface area contributed by atoms with Crippen LogP contribution < -0.4 is 0 Å². The molecule has 3 aromatic rings. The van der Waals surface area contributed by atoms with Crippen LogP contribution in [0.5, 0.6) is 0 Å². The van der Waals surface area contributed by atoms with E-state index in [4.69, 9.17) is 11.6 Å². The summed E-state index contributed by atoms with van der Waals surface area (Å²) < 4.78 is 15.8. The van der Waals surface area contributed by atoms with Crippen LogP contribution >= 0.6 is 11.6 Å². The predicted octanol–water partition coefficient (Wildman–Crippen LogP) is 5.33. The molecule has 0 bridgehead atoms. The van der Waals surface area contributed by atoms with Crippen molar-refractivity contribution in [3.05, 3.63) is 89.0 Å². The summed E-state index contributed by atoms with van der Waals surface area (Å²) in [6.07, 6.45) is 3.55. The van der Waals surface area contributed by atoms with Crippen LogP contribution in [0.4, 0.5) is 4.39 Å². The Morgan fingerprint density at radius 1 is 1.04 bits per heavy atom. The van der Waals surface area contributed by atoms with Crippen molar-refractivity contribution in [2.24, 2.45) is 0 Å². The first kappa shape index (κ1) is 15.1. The minimum absolute atomic E-state index is 0.275. The Balaban J connectivity index is 2.06. The summed E-state index contributed by atoms with van der Waals surface area (Å²) in [4.78, 5) is 0. The molecule has 0 spiro atoms. The Kier molecular flexibility index (Phi) is 4.27. The van der Waals surface area contributed by atoms with Crippen molar-refractivity contribution in [2.45, 2.75) is 0 Å². The van der Waals surface area contributed by atoms with E-state index in [1.165, 1.54) is 6.07 Å². The summed E-state index contributed by atoms with van der Waals surface area (Å²) in [6, 6.07) is 19.4. The molecular weight excluding hydrogens is 311 g/mol. The summed E-state index contributed by atoms with van der Waals surface area (Å²) in [5.41, 5.74) is 2.26. The van der Waals surface area contributed by atoms with Gasteiger partial charge in [0.25, 0.3) is 0 Å². The highest BCUT2D eigenvalue weighted by molar-refractivity contribution is 6.30. The third-order valence-corrected chi connectivity index (χ3v) is 3.71.